The highest BCUT2D eigenvalue weighted by molar-refractivity contribution is 5.39. The van der Waals surface area contributed by atoms with Crippen LogP contribution >= 0.6 is 0 Å². The van der Waals surface area contributed by atoms with Gasteiger partial charge in [-0.15, -0.1) is 0 Å². The first kappa shape index (κ1) is 15.3. The summed E-state index contributed by atoms with van der Waals surface area (Å²) in [7, 11) is 0. The molecule has 7 nitrogen and oxygen atoms in total. The molecule has 0 fully saturated rings. The Morgan fingerprint density at radius 1 is 1.08 bits per heavy atom. The zero-order chi connectivity index (χ0) is 17.6. The van der Waals surface area contributed by atoms with Crippen LogP contribution in [-0.2, 0) is 6.42 Å². The summed E-state index contributed by atoms with van der Waals surface area (Å²) in [6, 6.07) is 11.5. The lowest BCUT2D eigenvalue weighted by atomic mass is 10.1. The molecule has 1 aromatic carbocycles. The second-order valence-corrected chi connectivity index (χ2v) is 6.10. The number of hydrogen-bond acceptors (Lipinski definition) is 4. The Morgan fingerprint density at radius 2 is 1.84 bits per heavy atom. The molecule has 0 radical (unpaired) electrons. The van der Waals surface area contributed by atoms with Gasteiger partial charge in [0.25, 0.3) is 11.3 Å². The molecule has 4 rings (SSSR count). The van der Waals surface area contributed by atoms with Crippen LogP contribution in [0.2, 0.25) is 0 Å². The number of benzene rings is 1. The number of aryl methyl sites for hydroxylation is 2. The smallest absolute Gasteiger partial charge is 0.274 e. The lowest BCUT2D eigenvalue weighted by Gasteiger charge is -2.05. The average molecular weight is 334 g/mol. The summed E-state index contributed by atoms with van der Waals surface area (Å²) >= 11 is 0. The van der Waals surface area contributed by atoms with E-state index in [4.69, 9.17) is 0 Å². The molecule has 0 bridgehead atoms. The van der Waals surface area contributed by atoms with Crippen molar-refractivity contribution in [1.82, 2.24) is 29.4 Å². The van der Waals surface area contributed by atoms with E-state index >= 15 is 0 Å². The minimum absolute atomic E-state index is 0.161. The van der Waals surface area contributed by atoms with Crippen LogP contribution in [0, 0.1) is 20.8 Å². The summed E-state index contributed by atoms with van der Waals surface area (Å²) in [4.78, 5) is 21.0. The van der Waals surface area contributed by atoms with E-state index in [0.717, 1.165) is 22.6 Å². The zero-order valence-electron chi connectivity index (χ0n) is 14.3. The van der Waals surface area contributed by atoms with Crippen molar-refractivity contribution < 1.29 is 0 Å². The molecule has 25 heavy (non-hydrogen) atoms. The van der Waals surface area contributed by atoms with Crippen LogP contribution in [0.1, 0.15) is 28.5 Å². The maximum atomic E-state index is 12.2. The Morgan fingerprint density at radius 3 is 2.60 bits per heavy atom. The third kappa shape index (κ3) is 2.63. The highest BCUT2D eigenvalue weighted by atomic mass is 16.1. The minimum atomic E-state index is -0.161. The van der Waals surface area contributed by atoms with Crippen molar-refractivity contribution in [3.8, 4) is 5.69 Å². The first-order valence-corrected chi connectivity index (χ1v) is 8.09. The number of nitrogens with zero attached hydrogens (tertiary/aromatic N) is 5. The number of aromatic nitrogens is 6. The summed E-state index contributed by atoms with van der Waals surface area (Å²) in [6.45, 7) is 5.81. The average Bonchev–Trinajstić information content (AvgIpc) is 3.10. The second-order valence-electron chi connectivity index (χ2n) is 6.10. The number of rotatable bonds is 3. The first-order chi connectivity index (χ1) is 12.0. The molecule has 0 saturated heterocycles. The van der Waals surface area contributed by atoms with Crippen molar-refractivity contribution in [2.45, 2.75) is 27.2 Å². The van der Waals surface area contributed by atoms with Gasteiger partial charge in [0.1, 0.15) is 5.82 Å². The quantitative estimate of drug-likeness (QED) is 0.622. The SMILES string of the molecule is Cc1nc2nc(Cc3c(C)nn(-c4ccccc4)c3C)cc(=O)n2[nH]1. The van der Waals surface area contributed by atoms with Crippen LogP contribution in [0.15, 0.2) is 41.2 Å². The van der Waals surface area contributed by atoms with Gasteiger partial charge in [0.2, 0.25) is 0 Å². The van der Waals surface area contributed by atoms with Gasteiger partial charge in [-0.25, -0.2) is 9.67 Å². The molecule has 0 unspecified atom stereocenters. The second kappa shape index (κ2) is 5.70. The standard InChI is InChI=1S/C18H18N6O/c1-11-16(12(2)23(21-11)15-7-5-4-6-8-15)9-14-10-17(25)24-18(20-14)19-13(3)22-24/h4-8,10H,9H2,1-3H3,(H,19,20,22). The van der Waals surface area contributed by atoms with Crippen molar-refractivity contribution in [3.05, 3.63) is 75.2 Å². The number of fused-ring (bicyclic) bond motifs is 1. The molecule has 3 heterocycles. The van der Waals surface area contributed by atoms with E-state index in [-0.39, 0.29) is 5.56 Å². The highest BCUT2D eigenvalue weighted by Crippen LogP contribution is 2.20. The van der Waals surface area contributed by atoms with Gasteiger partial charge in [0.05, 0.1) is 17.1 Å². The van der Waals surface area contributed by atoms with Crippen molar-refractivity contribution >= 4 is 5.78 Å². The summed E-state index contributed by atoms with van der Waals surface area (Å²) < 4.78 is 3.28. The molecular weight excluding hydrogens is 316 g/mol. The molecule has 0 aliphatic carbocycles. The molecular formula is C18H18N6O. The van der Waals surface area contributed by atoms with Gasteiger partial charge < -0.3 is 0 Å². The van der Waals surface area contributed by atoms with Gasteiger partial charge in [-0.3, -0.25) is 9.89 Å². The van der Waals surface area contributed by atoms with Gasteiger partial charge in [-0.1, -0.05) is 18.2 Å². The molecule has 4 aromatic rings. The predicted octanol–water partition coefficient (Wildman–Crippen LogP) is 2.12. The third-order valence-corrected chi connectivity index (χ3v) is 4.30. The largest absolute Gasteiger partial charge is 0.275 e. The summed E-state index contributed by atoms with van der Waals surface area (Å²) in [5, 5.41) is 7.53. The molecule has 3 aromatic heterocycles. The van der Waals surface area contributed by atoms with Crippen molar-refractivity contribution in [2.75, 3.05) is 0 Å². The Kier molecular flexibility index (Phi) is 3.49. The van der Waals surface area contributed by atoms with E-state index in [1.165, 1.54) is 4.52 Å². The highest BCUT2D eigenvalue weighted by Gasteiger charge is 2.15. The van der Waals surface area contributed by atoms with Crippen LogP contribution in [0.25, 0.3) is 11.5 Å². The van der Waals surface area contributed by atoms with Gasteiger partial charge in [-0.2, -0.15) is 14.6 Å². The summed E-state index contributed by atoms with van der Waals surface area (Å²) in [5.74, 6) is 1.05. The first-order valence-electron chi connectivity index (χ1n) is 8.09. The van der Waals surface area contributed by atoms with Crippen LogP contribution in [0.4, 0.5) is 0 Å². The van der Waals surface area contributed by atoms with E-state index in [9.17, 15) is 4.79 Å². The number of H-pyrrole nitrogens is 1. The lowest BCUT2D eigenvalue weighted by molar-refractivity contribution is 0.832. The molecule has 126 valence electrons. The van der Waals surface area contributed by atoms with Gasteiger partial charge >= 0.3 is 0 Å². The van der Waals surface area contributed by atoms with Gasteiger partial charge in [-0.05, 0) is 32.9 Å². The molecule has 0 atom stereocenters. The molecule has 0 aliphatic rings. The van der Waals surface area contributed by atoms with Crippen molar-refractivity contribution in [2.24, 2.45) is 0 Å². The Balaban J connectivity index is 1.77. The van der Waals surface area contributed by atoms with Crippen LogP contribution < -0.4 is 5.56 Å². The number of hydrogen-bond donors (Lipinski definition) is 1. The fourth-order valence-electron chi connectivity index (χ4n) is 3.06. The molecule has 0 aliphatic heterocycles. The van der Waals surface area contributed by atoms with E-state index in [0.29, 0.717) is 23.7 Å². The van der Waals surface area contributed by atoms with Crippen LogP contribution in [0.5, 0.6) is 0 Å². The Bertz CT molecular complexity index is 1120. The van der Waals surface area contributed by atoms with Crippen LogP contribution in [-0.4, -0.2) is 29.4 Å². The third-order valence-electron chi connectivity index (χ3n) is 4.30. The van der Waals surface area contributed by atoms with E-state index < -0.39 is 0 Å². The van der Waals surface area contributed by atoms with E-state index in [1.807, 2.05) is 48.9 Å². The summed E-state index contributed by atoms with van der Waals surface area (Å²) in [5.41, 5.74) is 4.60. The van der Waals surface area contributed by atoms with Crippen LogP contribution in [0.3, 0.4) is 0 Å². The number of para-hydroxylation sites is 1. The Labute approximate surface area is 144 Å². The zero-order valence-corrected chi connectivity index (χ0v) is 14.3. The lowest BCUT2D eigenvalue weighted by Crippen LogP contribution is -2.16. The maximum Gasteiger partial charge on any atom is 0.274 e. The molecule has 0 amide bonds. The topological polar surface area (TPSA) is 80.9 Å². The molecule has 0 spiro atoms. The van der Waals surface area contributed by atoms with Gasteiger partial charge in [0, 0.05) is 23.7 Å². The normalized spacial score (nSPS) is 11.3. The number of nitrogens with one attached hydrogen (secondary N) is 1. The minimum Gasteiger partial charge on any atom is -0.275 e. The van der Waals surface area contributed by atoms with Crippen molar-refractivity contribution in [3.63, 3.8) is 0 Å². The van der Waals surface area contributed by atoms with E-state index in [2.05, 4.69) is 20.2 Å². The fraction of sp³-hybridized carbons (Fsp3) is 0.222. The van der Waals surface area contributed by atoms with Gasteiger partial charge in [0.15, 0.2) is 0 Å². The maximum absolute atomic E-state index is 12.2. The monoisotopic (exact) mass is 334 g/mol. The molecule has 7 heteroatoms. The van der Waals surface area contributed by atoms with E-state index in [1.54, 1.807) is 13.0 Å². The molecule has 1 N–H and O–H groups in total. The Hall–Kier alpha value is -3.22. The number of aromatic amines is 1. The van der Waals surface area contributed by atoms with Crippen molar-refractivity contribution in [1.29, 1.82) is 0 Å². The molecule has 0 saturated carbocycles. The summed E-state index contributed by atoms with van der Waals surface area (Å²) in [6.07, 6.45) is 0.544. The fourth-order valence-corrected chi connectivity index (χ4v) is 3.06. The predicted molar refractivity (Wildman–Crippen MR) is 94.2 cm³/mol.